The van der Waals surface area contributed by atoms with Crippen LogP contribution in [0.3, 0.4) is 0 Å². The van der Waals surface area contributed by atoms with Gasteiger partial charge in [-0.25, -0.2) is 9.18 Å². The van der Waals surface area contributed by atoms with E-state index in [9.17, 15) is 18.8 Å². The van der Waals surface area contributed by atoms with Crippen LogP contribution in [0.4, 0.5) is 20.6 Å². The molecule has 3 amide bonds. The van der Waals surface area contributed by atoms with Gasteiger partial charge in [0.2, 0.25) is 5.91 Å². The quantitative estimate of drug-likeness (QED) is 0.268. The number of ether oxygens (including phenoxy) is 3. The van der Waals surface area contributed by atoms with Gasteiger partial charge in [0, 0.05) is 55.7 Å². The molecule has 6 rings (SSSR count). The molecule has 0 bridgehead atoms. The van der Waals surface area contributed by atoms with Crippen molar-refractivity contribution >= 4 is 50.7 Å². The van der Waals surface area contributed by atoms with Crippen LogP contribution in [0.2, 0.25) is 0 Å². The normalized spacial score (nSPS) is 20.2. The summed E-state index contributed by atoms with van der Waals surface area (Å²) in [6, 6.07) is 10.3. The number of benzene rings is 2. The maximum Gasteiger partial charge on any atom is 0.410 e. The van der Waals surface area contributed by atoms with Crippen molar-refractivity contribution in [2.24, 2.45) is 5.92 Å². The Kier molecular flexibility index (Phi) is 8.76. The molecular weight excluding hydrogens is 597 g/mol. The van der Waals surface area contributed by atoms with E-state index >= 15 is 0 Å². The molecule has 11 heteroatoms. The molecule has 3 heterocycles. The van der Waals surface area contributed by atoms with Gasteiger partial charge in [-0.05, 0) is 99.2 Å². The molecule has 1 aromatic heterocycles. The van der Waals surface area contributed by atoms with E-state index in [1.807, 2.05) is 49.3 Å². The van der Waals surface area contributed by atoms with Gasteiger partial charge in [-0.2, -0.15) is 0 Å². The van der Waals surface area contributed by atoms with Gasteiger partial charge in [0.1, 0.15) is 17.2 Å². The van der Waals surface area contributed by atoms with Gasteiger partial charge >= 0.3 is 6.09 Å². The van der Waals surface area contributed by atoms with Gasteiger partial charge in [-0.15, -0.1) is 11.3 Å². The Labute approximate surface area is 266 Å². The van der Waals surface area contributed by atoms with Crippen molar-refractivity contribution in [2.45, 2.75) is 64.0 Å². The van der Waals surface area contributed by atoms with Gasteiger partial charge in [-0.1, -0.05) is 0 Å². The summed E-state index contributed by atoms with van der Waals surface area (Å²) in [6.07, 6.45) is 2.46. The number of hydrogen-bond acceptors (Lipinski definition) is 7. The van der Waals surface area contributed by atoms with Crippen LogP contribution in [0, 0.1) is 11.7 Å². The van der Waals surface area contributed by atoms with E-state index in [0.29, 0.717) is 49.7 Å². The molecule has 1 aliphatic carbocycles. The average molecular weight is 638 g/mol. The Hall–Kier alpha value is -3.70. The predicted molar refractivity (Wildman–Crippen MR) is 172 cm³/mol. The van der Waals surface area contributed by atoms with Crippen LogP contribution >= 0.6 is 11.3 Å². The third kappa shape index (κ3) is 6.65. The lowest BCUT2D eigenvalue weighted by Gasteiger charge is -2.40. The predicted octanol–water partition coefficient (Wildman–Crippen LogP) is 6.34. The highest BCUT2D eigenvalue weighted by molar-refractivity contribution is 7.17. The van der Waals surface area contributed by atoms with Gasteiger partial charge in [0.25, 0.3) is 5.91 Å². The van der Waals surface area contributed by atoms with Crippen molar-refractivity contribution in [3.63, 3.8) is 0 Å². The number of carbonyl (C=O) groups is 3. The Bertz CT molecular complexity index is 1600. The second-order valence-electron chi connectivity index (χ2n) is 13.0. The lowest BCUT2D eigenvalue weighted by atomic mass is 9.79. The third-order valence-electron chi connectivity index (χ3n) is 8.59. The lowest BCUT2D eigenvalue weighted by Crippen LogP contribution is -2.51. The first-order valence-electron chi connectivity index (χ1n) is 15.6. The number of methoxy groups -OCH3 is 1. The Morgan fingerprint density at radius 3 is 2.67 bits per heavy atom. The molecule has 0 spiro atoms. The van der Waals surface area contributed by atoms with Crippen molar-refractivity contribution in [3.8, 4) is 5.75 Å². The van der Waals surface area contributed by atoms with E-state index in [1.165, 1.54) is 17.4 Å². The molecule has 1 saturated heterocycles. The topological polar surface area (TPSA) is 88.6 Å². The Morgan fingerprint density at radius 1 is 1.13 bits per heavy atom. The van der Waals surface area contributed by atoms with Crippen LogP contribution < -0.4 is 14.5 Å². The van der Waals surface area contributed by atoms with Crippen LogP contribution in [0.1, 0.15) is 57.9 Å². The number of nitrogens with zero attached hydrogens (tertiary/aromatic N) is 3. The van der Waals surface area contributed by atoms with E-state index in [2.05, 4.69) is 0 Å². The second kappa shape index (κ2) is 12.6. The number of thiophene rings is 1. The van der Waals surface area contributed by atoms with Crippen LogP contribution in [0.25, 0.3) is 10.1 Å². The van der Waals surface area contributed by atoms with E-state index in [-0.39, 0.29) is 42.7 Å². The zero-order chi connectivity index (χ0) is 31.9. The Morgan fingerprint density at radius 2 is 1.93 bits per heavy atom. The number of piperidine rings is 1. The first-order chi connectivity index (χ1) is 21.5. The fourth-order valence-electron chi connectivity index (χ4n) is 6.36. The molecule has 2 fully saturated rings. The molecule has 2 aliphatic heterocycles. The summed E-state index contributed by atoms with van der Waals surface area (Å²) in [7, 11) is 1.63. The summed E-state index contributed by atoms with van der Waals surface area (Å²) in [5, 5.41) is 2.84. The lowest BCUT2D eigenvalue weighted by molar-refractivity contribution is -0.124. The number of halogens is 1. The molecule has 45 heavy (non-hydrogen) atoms. The fraction of sp³-hybridized carbons (Fsp3) is 0.500. The van der Waals surface area contributed by atoms with E-state index < -0.39 is 17.6 Å². The minimum atomic E-state index is -0.674. The minimum absolute atomic E-state index is 0.00641. The largest absolute Gasteiger partial charge is 0.482 e. The van der Waals surface area contributed by atoms with Gasteiger partial charge < -0.3 is 28.9 Å². The minimum Gasteiger partial charge on any atom is -0.482 e. The fourth-order valence-corrected chi connectivity index (χ4v) is 7.36. The van der Waals surface area contributed by atoms with Gasteiger partial charge in [-0.3, -0.25) is 9.59 Å². The number of likely N-dealkylation sites (tertiary alicyclic amines) is 1. The van der Waals surface area contributed by atoms with Crippen molar-refractivity contribution < 1.29 is 33.0 Å². The highest BCUT2D eigenvalue weighted by Crippen LogP contribution is 2.44. The zero-order valence-electron chi connectivity index (χ0n) is 26.2. The van der Waals surface area contributed by atoms with Crippen molar-refractivity contribution in [1.82, 2.24) is 4.90 Å². The number of hydrogen-bond donors (Lipinski definition) is 0. The highest BCUT2D eigenvalue weighted by atomic mass is 32.1. The van der Waals surface area contributed by atoms with Crippen LogP contribution in [-0.2, 0) is 19.1 Å². The van der Waals surface area contributed by atoms with Crippen molar-refractivity contribution in [2.75, 3.05) is 49.8 Å². The smallest absolute Gasteiger partial charge is 0.410 e. The van der Waals surface area contributed by atoms with Gasteiger partial charge in [0.15, 0.2) is 6.61 Å². The molecule has 3 aromatic rings. The molecule has 3 aliphatic rings. The summed E-state index contributed by atoms with van der Waals surface area (Å²) in [5.41, 5.74) is 1.58. The molecule has 2 aromatic carbocycles. The molecule has 0 unspecified atom stereocenters. The maximum atomic E-state index is 14.8. The summed E-state index contributed by atoms with van der Waals surface area (Å²) in [6.45, 7) is 7.03. The number of fused-ring (bicyclic) bond motifs is 2. The van der Waals surface area contributed by atoms with Crippen molar-refractivity contribution in [3.05, 3.63) is 53.2 Å². The first kappa shape index (κ1) is 31.3. The van der Waals surface area contributed by atoms with E-state index in [1.54, 1.807) is 29.0 Å². The Balaban J connectivity index is 1.36. The maximum absolute atomic E-state index is 14.8. The van der Waals surface area contributed by atoms with E-state index in [4.69, 9.17) is 14.2 Å². The molecular formula is C34H40FN3O6S. The number of carbonyl (C=O) groups excluding carboxylic acids is 3. The number of amides is 3. The molecule has 1 saturated carbocycles. The van der Waals surface area contributed by atoms with Gasteiger partial charge in [0.05, 0.1) is 11.6 Å². The average Bonchev–Trinajstić information content (AvgIpc) is 3.75. The zero-order valence-corrected chi connectivity index (χ0v) is 27.0. The van der Waals surface area contributed by atoms with E-state index in [0.717, 1.165) is 28.5 Å². The summed E-state index contributed by atoms with van der Waals surface area (Å²) in [4.78, 5) is 46.1. The summed E-state index contributed by atoms with van der Waals surface area (Å²) < 4.78 is 32.0. The molecule has 0 N–H and O–H groups in total. The van der Waals surface area contributed by atoms with Crippen LogP contribution in [0.5, 0.6) is 5.75 Å². The highest BCUT2D eigenvalue weighted by Gasteiger charge is 2.45. The summed E-state index contributed by atoms with van der Waals surface area (Å²) in [5.74, 6) is -0.771. The molecule has 2 atom stereocenters. The van der Waals surface area contributed by atoms with Crippen LogP contribution in [-0.4, -0.2) is 74.4 Å². The third-order valence-corrected chi connectivity index (χ3v) is 9.57. The standard InChI is InChI=1S/C34H40FN3O6S/c1-34(2,3)44-33(41)36-14-12-24(27-20-45-30-11-6-21(35)16-25(27)30)26(18-36)32(40)38(22-7-8-22)23-9-10-29-28(17-23)37(13-5-15-42-4)31(39)19-43-29/h6,9-11,16-17,20,22,24,26H,5,7-8,12-15,18-19H2,1-4H3/t24-,26-/m0/s1. The van der Waals surface area contributed by atoms with Crippen LogP contribution in [0.15, 0.2) is 41.8 Å². The number of anilines is 2. The molecule has 0 radical (unpaired) electrons. The first-order valence-corrected chi connectivity index (χ1v) is 16.5. The SMILES string of the molecule is COCCCN1C(=O)COc2ccc(N(C(=O)[C@H]3CN(C(=O)OC(C)(C)C)CC[C@@H]3c3csc4ccc(F)cc34)C3CC3)cc21. The molecule has 9 nitrogen and oxygen atoms in total. The molecule has 240 valence electrons. The number of rotatable bonds is 8. The second-order valence-corrected chi connectivity index (χ2v) is 13.9. The summed E-state index contributed by atoms with van der Waals surface area (Å²) >= 11 is 1.54. The van der Waals surface area contributed by atoms with Crippen molar-refractivity contribution in [1.29, 1.82) is 0 Å². The monoisotopic (exact) mass is 637 g/mol.